The number of carboxylic acid groups (broad SMARTS) is 1. The SMILES string of the molecule is CCCC[C@H](NC(=O)CCc1c(C)c2cc3c(C)c(C)oc3c(C)c2oc1=O)C(=O)[O-]. The molecule has 0 radical (unpaired) electrons. The topological polar surface area (TPSA) is 113 Å². The van der Waals surface area contributed by atoms with Gasteiger partial charge in [0.1, 0.15) is 16.9 Å². The lowest BCUT2D eigenvalue weighted by Crippen LogP contribution is -2.47. The first kappa shape index (κ1) is 22.6. The lowest BCUT2D eigenvalue weighted by atomic mass is 9.98. The van der Waals surface area contributed by atoms with Gasteiger partial charge in [0.05, 0.1) is 12.0 Å². The minimum Gasteiger partial charge on any atom is -0.548 e. The van der Waals surface area contributed by atoms with Gasteiger partial charge in [0.25, 0.3) is 0 Å². The van der Waals surface area contributed by atoms with Crippen molar-refractivity contribution in [1.82, 2.24) is 5.32 Å². The van der Waals surface area contributed by atoms with Crippen LogP contribution in [0.2, 0.25) is 0 Å². The molecule has 0 unspecified atom stereocenters. The molecule has 31 heavy (non-hydrogen) atoms. The maximum atomic E-state index is 12.7. The largest absolute Gasteiger partial charge is 0.548 e. The fourth-order valence-corrected chi connectivity index (χ4v) is 3.94. The monoisotopic (exact) mass is 426 g/mol. The number of aryl methyl sites for hydroxylation is 4. The second kappa shape index (κ2) is 8.96. The van der Waals surface area contributed by atoms with E-state index < -0.39 is 23.5 Å². The van der Waals surface area contributed by atoms with E-state index in [2.05, 4.69) is 5.32 Å². The van der Waals surface area contributed by atoms with Crippen molar-refractivity contribution < 1.29 is 23.5 Å². The van der Waals surface area contributed by atoms with Crippen LogP contribution in [0.3, 0.4) is 0 Å². The zero-order chi connectivity index (χ0) is 22.9. The average Bonchev–Trinajstić information content (AvgIpc) is 3.00. The summed E-state index contributed by atoms with van der Waals surface area (Å²) >= 11 is 0. The van der Waals surface area contributed by atoms with Gasteiger partial charge in [0.15, 0.2) is 0 Å². The molecular formula is C24H28NO6-. The summed E-state index contributed by atoms with van der Waals surface area (Å²) in [5, 5.41) is 15.5. The molecule has 0 spiro atoms. The number of hydrogen-bond acceptors (Lipinski definition) is 6. The van der Waals surface area contributed by atoms with Crippen LogP contribution in [0.1, 0.15) is 60.6 Å². The molecule has 7 heteroatoms. The van der Waals surface area contributed by atoms with E-state index in [0.717, 1.165) is 39.6 Å². The number of carbonyl (C=O) groups excluding carboxylic acids is 2. The van der Waals surface area contributed by atoms with E-state index in [0.29, 0.717) is 29.6 Å². The van der Waals surface area contributed by atoms with E-state index in [4.69, 9.17) is 8.83 Å². The Kier molecular flexibility index (Phi) is 6.53. The summed E-state index contributed by atoms with van der Waals surface area (Å²) in [7, 11) is 0. The molecule has 0 aliphatic rings. The zero-order valence-corrected chi connectivity index (χ0v) is 18.6. The van der Waals surface area contributed by atoms with Gasteiger partial charge in [0.2, 0.25) is 5.91 Å². The Morgan fingerprint density at radius 3 is 2.32 bits per heavy atom. The van der Waals surface area contributed by atoms with Gasteiger partial charge >= 0.3 is 5.63 Å². The minimum atomic E-state index is -1.30. The lowest BCUT2D eigenvalue weighted by Gasteiger charge is -2.19. The highest BCUT2D eigenvalue weighted by atomic mass is 16.4. The van der Waals surface area contributed by atoms with Gasteiger partial charge in [-0.1, -0.05) is 19.8 Å². The molecular weight excluding hydrogens is 398 g/mol. The van der Waals surface area contributed by atoms with Crippen molar-refractivity contribution >= 4 is 33.8 Å². The van der Waals surface area contributed by atoms with Crippen LogP contribution in [-0.2, 0) is 16.0 Å². The second-order valence-electron chi connectivity index (χ2n) is 8.11. The Morgan fingerprint density at radius 1 is 1.03 bits per heavy atom. The molecule has 1 amide bonds. The van der Waals surface area contributed by atoms with Crippen LogP contribution in [0, 0.1) is 27.7 Å². The smallest absolute Gasteiger partial charge is 0.339 e. The second-order valence-corrected chi connectivity index (χ2v) is 8.11. The Balaban J connectivity index is 1.90. The van der Waals surface area contributed by atoms with Crippen LogP contribution in [-0.4, -0.2) is 17.9 Å². The van der Waals surface area contributed by atoms with Crippen LogP contribution in [0.5, 0.6) is 0 Å². The molecule has 0 saturated carbocycles. The predicted molar refractivity (Wildman–Crippen MR) is 116 cm³/mol. The molecule has 2 aromatic heterocycles. The number of hydrogen-bond donors (Lipinski definition) is 1. The Morgan fingerprint density at radius 2 is 1.68 bits per heavy atom. The third kappa shape index (κ3) is 4.36. The highest BCUT2D eigenvalue weighted by molar-refractivity contribution is 6.00. The summed E-state index contributed by atoms with van der Waals surface area (Å²) in [5.74, 6) is -0.915. The maximum Gasteiger partial charge on any atom is 0.339 e. The molecule has 0 aliphatic heterocycles. The number of rotatable bonds is 8. The molecule has 0 fully saturated rings. The number of carbonyl (C=O) groups is 2. The molecule has 3 rings (SSSR count). The molecule has 0 saturated heterocycles. The molecule has 1 N–H and O–H groups in total. The van der Waals surface area contributed by atoms with Gasteiger partial charge in [-0.05, 0) is 57.7 Å². The maximum absolute atomic E-state index is 12.7. The van der Waals surface area contributed by atoms with E-state index >= 15 is 0 Å². The number of carboxylic acids is 1. The summed E-state index contributed by atoms with van der Waals surface area (Å²) in [6, 6.07) is 0.937. The first-order chi connectivity index (χ1) is 14.6. The number of aliphatic carboxylic acids is 1. The van der Waals surface area contributed by atoms with E-state index in [1.165, 1.54) is 0 Å². The van der Waals surface area contributed by atoms with Gasteiger partial charge < -0.3 is 24.1 Å². The fraction of sp³-hybridized carbons (Fsp3) is 0.458. The molecule has 0 bridgehead atoms. The molecule has 2 heterocycles. The predicted octanol–water partition coefficient (Wildman–Crippen LogP) is 3.13. The van der Waals surface area contributed by atoms with Crippen molar-refractivity contribution in [2.24, 2.45) is 0 Å². The van der Waals surface area contributed by atoms with Crippen molar-refractivity contribution in [3.63, 3.8) is 0 Å². The van der Waals surface area contributed by atoms with Crippen molar-refractivity contribution in [2.45, 2.75) is 72.8 Å². The summed E-state index contributed by atoms with van der Waals surface area (Å²) in [5.41, 5.74) is 3.66. The van der Waals surface area contributed by atoms with Crippen LogP contribution in [0.25, 0.3) is 21.9 Å². The Bertz CT molecular complexity index is 1220. The lowest BCUT2D eigenvalue weighted by molar-refractivity contribution is -0.308. The average molecular weight is 426 g/mol. The van der Waals surface area contributed by atoms with Crippen molar-refractivity contribution in [3.8, 4) is 0 Å². The molecule has 7 nitrogen and oxygen atoms in total. The number of unbranched alkanes of at least 4 members (excludes halogenated alkanes) is 1. The van der Waals surface area contributed by atoms with Gasteiger partial charge in [-0.15, -0.1) is 0 Å². The first-order valence-electron chi connectivity index (χ1n) is 10.6. The van der Waals surface area contributed by atoms with Crippen LogP contribution >= 0.6 is 0 Å². The third-order valence-corrected chi connectivity index (χ3v) is 6.01. The summed E-state index contributed by atoms with van der Waals surface area (Å²) in [6.45, 7) is 9.52. The number of amides is 1. The molecule has 1 atom stereocenters. The van der Waals surface area contributed by atoms with Crippen molar-refractivity contribution in [1.29, 1.82) is 0 Å². The molecule has 3 aromatic rings. The van der Waals surface area contributed by atoms with Gasteiger partial charge in [0, 0.05) is 28.3 Å². The van der Waals surface area contributed by atoms with E-state index in [-0.39, 0.29) is 12.8 Å². The van der Waals surface area contributed by atoms with Crippen LogP contribution in [0.15, 0.2) is 19.7 Å². The number of benzene rings is 1. The Labute approximate surface area is 180 Å². The van der Waals surface area contributed by atoms with Gasteiger partial charge in [-0.2, -0.15) is 0 Å². The molecule has 0 aliphatic carbocycles. The first-order valence-corrected chi connectivity index (χ1v) is 10.6. The minimum absolute atomic E-state index is 0.0158. The van der Waals surface area contributed by atoms with E-state index in [1.807, 2.05) is 40.7 Å². The summed E-state index contributed by atoms with van der Waals surface area (Å²) < 4.78 is 11.5. The Hall–Kier alpha value is -3.09. The number of fused-ring (bicyclic) bond motifs is 2. The van der Waals surface area contributed by atoms with Crippen LogP contribution < -0.4 is 16.0 Å². The zero-order valence-electron chi connectivity index (χ0n) is 18.6. The fourth-order valence-electron chi connectivity index (χ4n) is 3.94. The normalized spacial score (nSPS) is 12.4. The highest BCUT2D eigenvalue weighted by Crippen LogP contribution is 2.34. The standard InChI is InChI=1S/C24H29NO6/c1-6-7-8-19(23(27)28)25-20(26)10-9-16-13(3)18-11-17-12(2)15(5)30-21(17)14(4)22(18)31-24(16)29/h11,19H,6-10H2,1-5H3,(H,25,26)(H,27,28)/p-1/t19-/m0/s1. The van der Waals surface area contributed by atoms with E-state index in [9.17, 15) is 19.5 Å². The highest BCUT2D eigenvalue weighted by Gasteiger charge is 2.20. The van der Waals surface area contributed by atoms with Gasteiger partial charge in [-0.25, -0.2) is 4.79 Å². The van der Waals surface area contributed by atoms with Gasteiger partial charge in [-0.3, -0.25) is 4.79 Å². The molecule has 166 valence electrons. The summed E-state index contributed by atoms with van der Waals surface area (Å²) in [6.07, 6.45) is 1.95. The molecule has 1 aromatic carbocycles. The summed E-state index contributed by atoms with van der Waals surface area (Å²) in [4.78, 5) is 36.2. The number of furan rings is 1. The van der Waals surface area contributed by atoms with E-state index in [1.54, 1.807) is 0 Å². The van der Waals surface area contributed by atoms with Crippen molar-refractivity contribution in [2.75, 3.05) is 0 Å². The van der Waals surface area contributed by atoms with Crippen LogP contribution in [0.4, 0.5) is 0 Å². The number of nitrogens with one attached hydrogen (secondary N) is 1. The van der Waals surface area contributed by atoms with Crippen molar-refractivity contribution in [3.05, 3.63) is 44.5 Å². The quantitative estimate of drug-likeness (QED) is 0.554. The third-order valence-electron chi connectivity index (χ3n) is 6.01.